The Morgan fingerprint density at radius 3 is 2.89 bits per heavy atom. The second-order valence-electron chi connectivity index (χ2n) is 9.24. The average Bonchev–Trinajstić information content (AvgIpc) is 3.57. The minimum atomic E-state index is -0.880. The van der Waals surface area contributed by atoms with E-state index in [9.17, 15) is 18.8 Å². The van der Waals surface area contributed by atoms with E-state index in [0.29, 0.717) is 30.5 Å². The maximum absolute atomic E-state index is 13.9. The predicted molar refractivity (Wildman–Crippen MR) is 132 cm³/mol. The third kappa shape index (κ3) is 4.86. The zero-order valence-electron chi connectivity index (χ0n) is 19.1. The lowest BCUT2D eigenvalue weighted by Crippen LogP contribution is -2.43. The number of hydrogen-bond acceptors (Lipinski definition) is 7. The van der Waals surface area contributed by atoms with Gasteiger partial charge in [-0.1, -0.05) is 0 Å². The Labute approximate surface area is 211 Å². The summed E-state index contributed by atoms with van der Waals surface area (Å²) in [6.07, 6.45) is 3.78. The number of aryl methyl sites for hydroxylation is 1. The number of amides is 1. The van der Waals surface area contributed by atoms with Crippen LogP contribution in [-0.4, -0.2) is 56.6 Å². The zero-order chi connectivity index (χ0) is 24.6. The van der Waals surface area contributed by atoms with Crippen LogP contribution < -0.4 is 10.5 Å². The summed E-state index contributed by atoms with van der Waals surface area (Å²) in [6, 6.07) is 7.25. The molecule has 1 aromatic carbocycles. The summed E-state index contributed by atoms with van der Waals surface area (Å²) in [5, 5.41) is 9.32. The molecule has 2 aliphatic heterocycles. The van der Waals surface area contributed by atoms with E-state index in [2.05, 4.69) is 11.1 Å². The molecule has 10 heteroatoms. The topological polar surface area (TPSA) is 92.2 Å². The van der Waals surface area contributed by atoms with Gasteiger partial charge in [0.15, 0.2) is 11.6 Å². The van der Waals surface area contributed by atoms with Gasteiger partial charge in [0, 0.05) is 42.6 Å². The summed E-state index contributed by atoms with van der Waals surface area (Å²) >= 11 is 3.76. The number of pyridine rings is 1. The molecule has 1 aromatic heterocycles. The first kappa shape index (κ1) is 24.3. The standard InChI is InChI=1S/C25H26F2N4O2S2/c26-20-8-15-3-4-18(19(15)9-21(20)27)22(29)10-23(32)31-14-25(34-6-7-35-25)11-17(31)13-33-24-16(12-28)2-1-5-30-24/h1-2,5,8-9,17-18,22H,3-4,6-7,10-11,13-14,29H2/t17-,18-,22-/m0/s1. The number of nitrogens with two attached hydrogens (primary N) is 1. The summed E-state index contributed by atoms with van der Waals surface area (Å²) in [5.74, 6) is 0.376. The Kier molecular flexibility index (Phi) is 6.93. The van der Waals surface area contributed by atoms with Gasteiger partial charge in [-0.15, -0.1) is 23.5 Å². The molecule has 35 heavy (non-hydrogen) atoms. The Bertz CT molecular complexity index is 1170. The van der Waals surface area contributed by atoms with Crippen molar-refractivity contribution in [1.29, 1.82) is 5.26 Å². The number of likely N-dealkylation sites (tertiary alicyclic amines) is 1. The SMILES string of the molecule is N#Cc1cccnc1OC[C@@H]1CC2(CN1C(=O)C[C@H](N)[C@H]1CCc3cc(F)c(F)cc31)SCCS2. The minimum absolute atomic E-state index is 0.0590. The Morgan fingerprint density at radius 1 is 1.34 bits per heavy atom. The molecule has 0 unspecified atom stereocenters. The second kappa shape index (κ2) is 9.96. The summed E-state index contributed by atoms with van der Waals surface area (Å²) in [6.45, 7) is 0.850. The molecule has 2 saturated heterocycles. The number of aromatic nitrogens is 1. The van der Waals surface area contributed by atoms with Crippen LogP contribution in [0.25, 0.3) is 0 Å². The van der Waals surface area contributed by atoms with Crippen LogP contribution in [0.2, 0.25) is 0 Å². The van der Waals surface area contributed by atoms with Crippen molar-refractivity contribution in [2.75, 3.05) is 24.7 Å². The summed E-state index contributed by atoms with van der Waals surface area (Å²) in [5.41, 5.74) is 8.33. The molecule has 3 heterocycles. The highest BCUT2D eigenvalue weighted by Crippen LogP contribution is 2.52. The molecule has 184 valence electrons. The number of carbonyl (C=O) groups is 1. The van der Waals surface area contributed by atoms with Gasteiger partial charge < -0.3 is 15.4 Å². The van der Waals surface area contributed by atoms with E-state index in [0.717, 1.165) is 23.5 Å². The lowest BCUT2D eigenvalue weighted by Gasteiger charge is -2.28. The third-order valence-corrected chi connectivity index (χ3v) is 10.5. The molecular formula is C25H26F2N4O2S2. The molecule has 2 N–H and O–H groups in total. The molecular weight excluding hydrogens is 490 g/mol. The van der Waals surface area contributed by atoms with Crippen molar-refractivity contribution >= 4 is 29.4 Å². The Hall–Kier alpha value is -2.35. The maximum Gasteiger partial charge on any atom is 0.231 e. The molecule has 2 fully saturated rings. The number of carbonyl (C=O) groups excluding carboxylic acids is 1. The quantitative estimate of drug-likeness (QED) is 0.624. The number of fused-ring (bicyclic) bond motifs is 1. The fourth-order valence-electron chi connectivity index (χ4n) is 5.37. The van der Waals surface area contributed by atoms with Gasteiger partial charge in [-0.25, -0.2) is 13.8 Å². The monoisotopic (exact) mass is 516 g/mol. The number of rotatable bonds is 6. The largest absolute Gasteiger partial charge is 0.475 e. The van der Waals surface area contributed by atoms with Crippen molar-refractivity contribution in [2.24, 2.45) is 5.73 Å². The molecule has 3 atom stereocenters. The number of hydrogen-bond donors (Lipinski definition) is 1. The number of ether oxygens (including phenoxy) is 1. The summed E-state index contributed by atoms with van der Waals surface area (Å²) in [4.78, 5) is 19.5. The molecule has 1 amide bonds. The number of nitriles is 1. The minimum Gasteiger partial charge on any atom is -0.475 e. The normalized spacial score (nSPS) is 23.3. The van der Waals surface area contributed by atoms with Gasteiger partial charge in [-0.05, 0) is 54.7 Å². The number of nitrogens with zero attached hydrogens (tertiary/aromatic N) is 3. The molecule has 1 spiro atoms. The van der Waals surface area contributed by atoms with Gasteiger partial charge in [0.2, 0.25) is 11.8 Å². The van der Waals surface area contributed by atoms with Crippen LogP contribution >= 0.6 is 23.5 Å². The van der Waals surface area contributed by atoms with Crippen LogP contribution in [0, 0.1) is 23.0 Å². The van der Waals surface area contributed by atoms with E-state index >= 15 is 0 Å². The van der Waals surface area contributed by atoms with E-state index in [1.54, 1.807) is 18.3 Å². The van der Waals surface area contributed by atoms with Crippen molar-refractivity contribution < 1.29 is 18.3 Å². The molecule has 0 radical (unpaired) electrons. The van der Waals surface area contributed by atoms with Crippen LogP contribution in [0.4, 0.5) is 8.78 Å². The summed E-state index contributed by atoms with van der Waals surface area (Å²) in [7, 11) is 0. The molecule has 3 aliphatic rings. The van der Waals surface area contributed by atoms with Crippen LogP contribution in [0.3, 0.4) is 0 Å². The molecule has 0 saturated carbocycles. The van der Waals surface area contributed by atoms with Crippen molar-refractivity contribution in [2.45, 2.75) is 47.8 Å². The zero-order valence-corrected chi connectivity index (χ0v) is 20.7. The fraction of sp³-hybridized carbons (Fsp3) is 0.480. The highest BCUT2D eigenvalue weighted by molar-refractivity contribution is 8.21. The molecule has 0 bridgehead atoms. The van der Waals surface area contributed by atoms with Crippen molar-refractivity contribution in [3.8, 4) is 11.9 Å². The molecule has 6 nitrogen and oxygen atoms in total. The molecule has 1 aliphatic carbocycles. The Morgan fingerprint density at radius 2 is 2.11 bits per heavy atom. The molecule has 5 rings (SSSR count). The van der Waals surface area contributed by atoms with Gasteiger partial charge in [0.05, 0.1) is 10.1 Å². The van der Waals surface area contributed by atoms with Gasteiger partial charge in [-0.2, -0.15) is 5.26 Å². The van der Waals surface area contributed by atoms with Gasteiger partial charge in [0.1, 0.15) is 18.2 Å². The third-order valence-electron chi connectivity index (χ3n) is 7.07. The molecule has 2 aromatic rings. The Balaban J connectivity index is 1.30. The highest BCUT2D eigenvalue weighted by atomic mass is 32.2. The first-order valence-corrected chi connectivity index (χ1v) is 13.6. The van der Waals surface area contributed by atoms with Crippen molar-refractivity contribution in [3.63, 3.8) is 0 Å². The summed E-state index contributed by atoms with van der Waals surface area (Å²) < 4.78 is 33.4. The van der Waals surface area contributed by atoms with E-state index < -0.39 is 17.7 Å². The lowest BCUT2D eigenvalue weighted by molar-refractivity contribution is -0.133. The first-order valence-electron chi connectivity index (χ1n) is 11.7. The average molecular weight is 517 g/mol. The van der Waals surface area contributed by atoms with Gasteiger partial charge in [-0.3, -0.25) is 4.79 Å². The second-order valence-corrected chi connectivity index (χ2v) is 12.5. The predicted octanol–water partition coefficient (Wildman–Crippen LogP) is 3.83. The van der Waals surface area contributed by atoms with Crippen LogP contribution in [0.5, 0.6) is 5.88 Å². The van der Waals surface area contributed by atoms with Crippen LogP contribution in [0.1, 0.15) is 41.9 Å². The van der Waals surface area contributed by atoms with E-state index in [4.69, 9.17) is 10.5 Å². The maximum atomic E-state index is 13.9. The van der Waals surface area contributed by atoms with Crippen molar-refractivity contribution in [3.05, 3.63) is 58.8 Å². The van der Waals surface area contributed by atoms with Crippen molar-refractivity contribution in [1.82, 2.24) is 9.88 Å². The van der Waals surface area contributed by atoms with Gasteiger partial charge >= 0.3 is 0 Å². The fourth-order valence-corrected chi connectivity index (χ4v) is 8.70. The van der Waals surface area contributed by atoms with Crippen LogP contribution in [0.15, 0.2) is 30.5 Å². The van der Waals surface area contributed by atoms with E-state index in [1.165, 1.54) is 12.1 Å². The number of thioether (sulfide) groups is 2. The highest BCUT2D eigenvalue weighted by Gasteiger charge is 2.49. The van der Waals surface area contributed by atoms with Crippen LogP contribution in [-0.2, 0) is 11.2 Å². The number of halogens is 2. The number of benzene rings is 1. The smallest absolute Gasteiger partial charge is 0.231 e. The van der Waals surface area contributed by atoms with E-state index in [-0.39, 0.29) is 40.9 Å². The first-order chi connectivity index (χ1) is 16.9. The van der Waals surface area contributed by atoms with Gasteiger partial charge in [0.25, 0.3) is 0 Å². The van der Waals surface area contributed by atoms with E-state index in [1.807, 2.05) is 28.4 Å². The lowest BCUT2D eigenvalue weighted by atomic mass is 9.91.